The number of ether oxygens (including phenoxy) is 2. The normalized spacial score (nSPS) is 16.3. The molecule has 2 rings (SSSR count). The van der Waals surface area contributed by atoms with Crippen LogP contribution < -0.4 is 15.4 Å². The number of hydrogen-bond donors (Lipinski definition) is 2. The van der Waals surface area contributed by atoms with E-state index in [1.807, 2.05) is 0 Å². The maximum absolute atomic E-state index is 11.6. The van der Waals surface area contributed by atoms with Gasteiger partial charge in [0.2, 0.25) is 5.91 Å². The second-order valence-electron chi connectivity index (χ2n) is 7.04. The summed E-state index contributed by atoms with van der Waals surface area (Å²) >= 11 is 0. The van der Waals surface area contributed by atoms with Crippen LogP contribution in [-0.4, -0.2) is 64.3 Å². The Labute approximate surface area is 185 Å². The summed E-state index contributed by atoms with van der Waals surface area (Å²) in [4.78, 5) is 17.4. The zero-order valence-electron chi connectivity index (χ0n) is 17.3. The summed E-state index contributed by atoms with van der Waals surface area (Å²) in [6, 6.07) is 6.22. The zero-order valence-corrected chi connectivity index (χ0v) is 19.6. The van der Waals surface area contributed by atoms with Gasteiger partial charge in [-0.05, 0) is 25.0 Å². The monoisotopic (exact) mass is 504 g/mol. The third-order valence-electron chi connectivity index (χ3n) is 4.52. The Bertz CT molecular complexity index is 646. The van der Waals surface area contributed by atoms with Crippen LogP contribution >= 0.6 is 24.0 Å². The Hall–Kier alpha value is -1.55. The molecule has 1 unspecified atom stereocenters. The number of halogens is 1. The van der Waals surface area contributed by atoms with E-state index in [0.717, 1.165) is 30.9 Å². The van der Waals surface area contributed by atoms with Crippen molar-refractivity contribution in [3.8, 4) is 5.75 Å². The molecular weight excluding hydrogens is 471 g/mol. The first-order valence-electron chi connectivity index (χ1n) is 9.44. The molecule has 0 radical (unpaired) electrons. The Kier molecular flexibility index (Phi) is 11.2. The Morgan fingerprint density at radius 1 is 1.36 bits per heavy atom. The maximum atomic E-state index is 11.6. The molecule has 1 aliphatic rings. The standard InChI is InChI=1S/C20H32N4O3.HI/c1-15-5-6-17(18(11-15)27-14-16-8-10-26-13-16)12-23-20(21-2)22-9-7-19(25)24(3)4;/h5-6,11,16H,7-10,12-14H2,1-4H3,(H2,21,22,23);1H. The number of nitrogens with zero attached hydrogens (tertiary/aromatic N) is 2. The van der Waals surface area contributed by atoms with Crippen LogP contribution in [0.25, 0.3) is 0 Å². The molecule has 2 N–H and O–H groups in total. The van der Waals surface area contributed by atoms with Gasteiger partial charge in [-0.2, -0.15) is 0 Å². The van der Waals surface area contributed by atoms with Gasteiger partial charge in [-0.15, -0.1) is 24.0 Å². The van der Waals surface area contributed by atoms with Crippen molar-refractivity contribution in [1.29, 1.82) is 0 Å². The molecule has 7 nitrogen and oxygen atoms in total. The first kappa shape index (κ1) is 24.5. The Morgan fingerprint density at radius 3 is 2.79 bits per heavy atom. The van der Waals surface area contributed by atoms with Gasteiger partial charge in [-0.3, -0.25) is 9.79 Å². The van der Waals surface area contributed by atoms with Gasteiger partial charge >= 0.3 is 0 Å². The average molecular weight is 504 g/mol. The number of hydrogen-bond acceptors (Lipinski definition) is 4. The lowest BCUT2D eigenvalue weighted by atomic mass is 10.1. The average Bonchev–Trinajstić information content (AvgIpc) is 3.17. The number of nitrogens with one attached hydrogen (secondary N) is 2. The highest BCUT2D eigenvalue weighted by Crippen LogP contribution is 2.22. The summed E-state index contributed by atoms with van der Waals surface area (Å²) in [5.41, 5.74) is 2.24. The summed E-state index contributed by atoms with van der Waals surface area (Å²) in [5.74, 6) is 2.11. The summed E-state index contributed by atoms with van der Waals surface area (Å²) in [6.07, 6.45) is 1.48. The lowest BCUT2D eigenvalue weighted by molar-refractivity contribution is -0.128. The highest BCUT2D eigenvalue weighted by atomic mass is 127. The number of amides is 1. The second-order valence-corrected chi connectivity index (χ2v) is 7.04. The molecule has 0 aliphatic carbocycles. The Morgan fingerprint density at radius 2 is 2.14 bits per heavy atom. The molecule has 0 aromatic heterocycles. The third kappa shape index (κ3) is 8.22. The van der Waals surface area contributed by atoms with Gasteiger partial charge in [0, 0.05) is 58.7 Å². The molecule has 28 heavy (non-hydrogen) atoms. The second kappa shape index (κ2) is 12.8. The van der Waals surface area contributed by atoms with Crippen molar-refractivity contribution in [3.05, 3.63) is 29.3 Å². The van der Waals surface area contributed by atoms with Crippen molar-refractivity contribution in [1.82, 2.24) is 15.5 Å². The van der Waals surface area contributed by atoms with E-state index in [-0.39, 0.29) is 29.9 Å². The molecule has 1 atom stereocenters. The zero-order chi connectivity index (χ0) is 19.6. The fourth-order valence-corrected chi connectivity index (χ4v) is 2.78. The number of carbonyl (C=O) groups excluding carboxylic acids is 1. The summed E-state index contributed by atoms with van der Waals surface area (Å²) in [7, 11) is 5.23. The van der Waals surface area contributed by atoms with Gasteiger partial charge in [-0.25, -0.2) is 0 Å². The van der Waals surface area contributed by atoms with E-state index >= 15 is 0 Å². The highest BCUT2D eigenvalue weighted by Gasteiger charge is 2.17. The smallest absolute Gasteiger partial charge is 0.223 e. The lowest BCUT2D eigenvalue weighted by Gasteiger charge is -2.17. The molecule has 8 heteroatoms. The first-order valence-corrected chi connectivity index (χ1v) is 9.44. The first-order chi connectivity index (χ1) is 13.0. The van der Waals surface area contributed by atoms with Crippen LogP contribution in [0.1, 0.15) is 24.0 Å². The number of benzene rings is 1. The quantitative estimate of drug-likeness (QED) is 0.323. The molecule has 1 aliphatic heterocycles. The van der Waals surface area contributed by atoms with Crippen LogP contribution in [0, 0.1) is 12.8 Å². The summed E-state index contributed by atoms with van der Waals surface area (Å²) < 4.78 is 11.5. The fourth-order valence-electron chi connectivity index (χ4n) is 2.78. The summed E-state index contributed by atoms with van der Waals surface area (Å²) in [5, 5.41) is 6.45. The molecule has 0 saturated carbocycles. The number of guanidine groups is 1. The summed E-state index contributed by atoms with van der Waals surface area (Å²) in [6.45, 7) is 5.48. The number of carbonyl (C=O) groups is 1. The van der Waals surface area contributed by atoms with Gasteiger partial charge in [0.25, 0.3) is 0 Å². The Balaban J connectivity index is 0.00000392. The number of rotatable bonds is 8. The minimum Gasteiger partial charge on any atom is -0.493 e. The molecule has 158 valence electrons. The lowest BCUT2D eigenvalue weighted by Crippen LogP contribution is -2.38. The van der Waals surface area contributed by atoms with E-state index in [9.17, 15) is 4.79 Å². The SMILES string of the molecule is CN=C(NCCC(=O)N(C)C)NCc1ccc(C)cc1OCC1CCOC1.I. The molecule has 1 aromatic carbocycles. The van der Waals surface area contributed by atoms with Crippen LogP contribution in [0.2, 0.25) is 0 Å². The van der Waals surface area contributed by atoms with Gasteiger partial charge in [0.1, 0.15) is 5.75 Å². The minimum absolute atomic E-state index is 0. The van der Waals surface area contributed by atoms with Crippen molar-refractivity contribution >= 4 is 35.8 Å². The van der Waals surface area contributed by atoms with Crippen molar-refractivity contribution < 1.29 is 14.3 Å². The largest absolute Gasteiger partial charge is 0.493 e. The third-order valence-corrected chi connectivity index (χ3v) is 4.52. The predicted octanol–water partition coefficient (Wildman–Crippen LogP) is 2.17. The van der Waals surface area contributed by atoms with Crippen molar-refractivity contribution in [2.75, 3.05) is 47.5 Å². The van der Waals surface area contributed by atoms with E-state index in [1.54, 1.807) is 26.0 Å². The molecule has 1 amide bonds. The van der Waals surface area contributed by atoms with Gasteiger partial charge in [0.15, 0.2) is 5.96 Å². The van der Waals surface area contributed by atoms with Crippen LogP contribution in [0.5, 0.6) is 5.75 Å². The molecule has 0 bridgehead atoms. The van der Waals surface area contributed by atoms with Crippen molar-refractivity contribution in [3.63, 3.8) is 0 Å². The van der Waals surface area contributed by atoms with Gasteiger partial charge < -0.3 is 25.0 Å². The predicted molar refractivity (Wildman–Crippen MR) is 123 cm³/mol. The van der Waals surface area contributed by atoms with E-state index in [2.05, 4.69) is 40.7 Å². The van der Waals surface area contributed by atoms with Crippen LogP contribution in [-0.2, 0) is 16.1 Å². The molecule has 0 spiro atoms. The van der Waals surface area contributed by atoms with E-state index < -0.39 is 0 Å². The van der Waals surface area contributed by atoms with Crippen LogP contribution in [0.15, 0.2) is 23.2 Å². The maximum Gasteiger partial charge on any atom is 0.223 e. The molecule has 1 saturated heterocycles. The van der Waals surface area contributed by atoms with E-state index in [4.69, 9.17) is 9.47 Å². The number of aryl methyl sites for hydroxylation is 1. The van der Waals surface area contributed by atoms with Gasteiger partial charge in [0.05, 0.1) is 13.2 Å². The van der Waals surface area contributed by atoms with Crippen LogP contribution in [0.4, 0.5) is 0 Å². The molecular formula is C20H33IN4O3. The van der Waals surface area contributed by atoms with Crippen molar-refractivity contribution in [2.24, 2.45) is 10.9 Å². The number of aliphatic imine (C=N–C) groups is 1. The topological polar surface area (TPSA) is 75.2 Å². The van der Waals surface area contributed by atoms with Gasteiger partial charge in [-0.1, -0.05) is 12.1 Å². The fraction of sp³-hybridized carbons (Fsp3) is 0.600. The van der Waals surface area contributed by atoms with E-state index in [1.165, 1.54) is 5.56 Å². The van der Waals surface area contributed by atoms with E-state index in [0.29, 0.717) is 38.0 Å². The highest BCUT2D eigenvalue weighted by molar-refractivity contribution is 14.0. The minimum atomic E-state index is 0. The molecule has 1 fully saturated rings. The van der Waals surface area contributed by atoms with Crippen LogP contribution in [0.3, 0.4) is 0 Å². The van der Waals surface area contributed by atoms with Crippen molar-refractivity contribution in [2.45, 2.75) is 26.3 Å². The molecule has 1 aromatic rings. The molecule has 1 heterocycles.